The van der Waals surface area contributed by atoms with Crippen molar-refractivity contribution in [1.29, 1.82) is 0 Å². The molecule has 7 heteroatoms. The minimum Gasteiger partial charge on any atom is -0.545 e. The average Bonchev–Trinajstić information content (AvgIpc) is 2.75. The standard InChI is InChI=1S/C22H17N3O4/c26-22(27)18-7-4-8-19(15-18)23-24-21(17-5-2-1-3-6-17)14-11-16-9-12-20(13-10-16)25(28)29/h1-15,23H,(H,26,27)/p-1/b14-11+,24-21+. The highest BCUT2D eigenvalue weighted by Crippen LogP contribution is 2.15. The first-order valence-corrected chi connectivity index (χ1v) is 8.66. The van der Waals surface area contributed by atoms with Crippen molar-refractivity contribution in [3.8, 4) is 0 Å². The van der Waals surface area contributed by atoms with E-state index in [4.69, 9.17) is 0 Å². The molecule has 0 saturated carbocycles. The maximum Gasteiger partial charge on any atom is 0.269 e. The predicted octanol–water partition coefficient (Wildman–Crippen LogP) is 3.49. The van der Waals surface area contributed by atoms with Crippen LogP contribution in [-0.2, 0) is 0 Å². The Labute approximate surface area is 166 Å². The van der Waals surface area contributed by atoms with Gasteiger partial charge in [0, 0.05) is 17.7 Å². The van der Waals surface area contributed by atoms with Gasteiger partial charge in [-0.05, 0) is 41.5 Å². The van der Waals surface area contributed by atoms with E-state index in [0.717, 1.165) is 11.1 Å². The lowest BCUT2D eigenvalue weighted by atomic mass is 10.1. The van der Waals surface area contributed by atoms with Crippen molar-refractivity contribution in [2.24, 2.45) is 5.10 Å². The molecule has 144 valence electrons. The number of rotatable bonds is 7. The van der Waals surface area contributed by atoms with Crippen LogP contribution in [0.25, 0.3) is 6.08 Å². The molecule has 0 aromatic heterocycles. The van der Waals surface area contributed by atoms with Crippen LogP contribution in [0.3, 0.4) is 0 Å². The zero-order valence-corrected chi connectivity index (χ0v) is 15.2. The molecule has 0 aliphatic heterocycles. The number of nitro groups is 1. The Balaban J connectivity index is 1.87. The van der Waals surface area contributed by atoms with Crippen molar-refractivity contribution in [2.75, 3.05) is 5.43 Å². The van der Waals surface area contributed by atoms with Crippen LogP contribution in [0.15, 0.2) is 90.0 Å². The number of hydrogen-bond donors (Lipinski definition) is 1. The quantitative estimate of drug-likeness (QED) is 0.380. The number of nitrogens with zero attached hydrogens (tertiary/aromatic N) is 2. The molecule has 0 aliphatic carbocycles. The van der Waals surface area contributed by atoms with Crippen LogP contribution in [0.5, 0.6) is 0 Å². The number of hydrogen-bond acceptors (Lipinski definition) is 6. The third-order valence-corrected chi connectivity index (χ3v) is 4.01. The number of nitrogens with one attached hydrogen (secondary N) is 1. The van der Waals surface area contributed by atoms with Crippen LogP contribution >= 0.6 is 0 Å². The summed E-state index contributed by atoms with van der Waals surface area (Å²) in [4.78, 5) is 21.3. The van der Waals surface area contributed by atoms with Gasteiger partial charge in [-0.2, -0.15) is 5.10 Å². The second-order valence-corrected chi connectivity index (χ2v) is 6.03. The van der Waals surface area contributed by atoms with Crippen LogP contribution in [0.2, 0.25) is 0 Å². The molecule has 0 unspecified atom stereocenters. The smallest absolute Gasteiger partial charge is 0.269 e. The molecular formula is C22H16N3O4-. The summed E-state index contributed by atoms with van der Waals surface area (Å²) in [6.45, 7) is 0. The molecule has 0 heterocycles. The summed E-state index contributed by atoms with van der Waals surface area (Å²) in [6.07, 6.45) is 3.56. The van der Waals surface area contributed by atoms with Gasteiger partial charge in [0.15, 0.2) is 0 Å². The summed E-state index contributed by atoms with van der Waals surface area (Å²) in [5, 5.41) is 26.2. The van der Waals surface area contributed by atoms with Gasteiger partial charge in [0.05, 0.1) is 22.3 Å². The van der Waals surface area contributed by atoms with E-state index < -0.39 is 10.9 Å². The fourth-order valence-corrected chi connectivity index (χ4v) is 2.53. The fourth-order valence-electron chi connectivity index (χ4n) is 2.53. The van der Waals surface area contributed by atoms with Gasteiger partial charge >= 0.3 is 0 Å². The topological polar surface area (TPSA) is 108 Å². The zero-order valence-electron chi connectivity index (χ0n) is 15.2. The molecule has 0 aliphatic rings. The minimum absolute atomic E-state index is 0.0218. The highest BCUT2D eigenvalue weighted by Gasteiger charge is 2.04. The van der Waals surface area contributed by atoms with E-state index in [1.165, 1.54) is 24.3 Å². The number of non-ortho nitro benzene ring substituents is 1. The molecule has 1 N–H and O–H groups in total. The SMILES string of the molecule is O=C([O-])c1cccc(N/N=C(\C=C\c2ccc([N+](=O)[O-])cc2)c2ccccc2)c1. The lowest BCUT2D eigenvalue weighted by Gasteiger charge is -2.07. The first-order chi connectivity index (χ1) is 14.0. The van der Waals surface area contributed by atoms with Crippen molar-refractivity contribution in [3.05, 3.63) is 112 Å². The van der Waals surface area contributed by atoms with E-state index >= 15 is 0 Å². The Kier molecular flexibility index (Phi) is 6.12. The third-order valence-electron chi connectivity index (χ3n) is 4.01. The first kappa shape index (κ1) is 19.5. The van der Waals surface area contributed by atoms with E-state index in [2.05, 4.69) is 10.5 Å². The monoisotopic (exact) mass is 386 g/mol. The van der Waals surface area contributed by atoms with Gasteiger partial charge in [0.25, 0.3) is 5.69 Å². The number of carbonyl (C=O) groups is 1. The van der Waals surface area contributed by atoms with E-state index in [9.17, 15) is 20.0 Å². The maximum absolute atomic E-state index is 11.0. The van der Waals surface area contributed by atoms with Crippen LogP contribution in [0, 0.1) is 10.1 Å². The van der Waals surface area contributed by atoms with Gasteiger partial charge < -0.3 is 9.90 Å². The number of hydrazone groups is 1. The van der Waals surface area contributed by atoms with Gasteiger partial charge in [-0.15, -0.1) is 0 Å². The number of carbonyl (C=O) groups excluding carboxylic acids is 1. The Bertz CT molecular complexity index is 1070. The number of benzene rings is 3. The Hall–Kier alpha value is -4.26. The van der Waals surface area contributed by atoms with Crippen molar-refractivity contribution in [3.63, 3.8) is 0 Å². The highest BCUT2D eigenvalue weighted by molar-refractivity contribution is 6.11. The molecule has 3 aromatic rings. The Morgan fingerprint density at radius 2 is 1.62 bits per heavy atom. The number of aromatic carboxylic acids is 1. The normalized spacial score (nSPS) is 11.4. The van der Waals surface area contributed by atoms with E-state index in [1.54, 1.807) is 36.4 Å². The third kappa shape index (κ3) is 5.36. The van der Waals surface area contributed by atoms with Crippen LogP contribution < -0.4 is 10.5 Å². The van der Waals surface area contributed by atoms with Crippen LogP contribution in [0.4, 0.5) is 11.4 Å². The van der Waals surface area contributed by atoms with E-state index in [-0.39, 0.29) is 11.3 Å². The van der Waals surface area contributed by atoms with Crippen molar-refractivity contribution >= 4 is 29.1 Å². The Morgan fingerprint density at radius 3 is 2.28 bits per heavy atom. The summed E-state index contributed by atoms with van der Waals surface area (Å²) in [5.74, 6) is -1.26. The zero-order chi connectivity index (χ0) is 20.6. The van der Waals surface area contributed by atoms with Gasteiger partial charge in [-0.25, -0.2) is 0 Å². The van der Waals surface area contributed by atoms with Gasteiger partial charge in [-0.3, -0.25) is 15.5 Å². The number of allylic oxidation sites excluding steroid dienone is 1. The molecule has 3 aromatic carbocycles. The van der Waals surface area contributed by atoms with Gasteiger partial charge in [0.2, 0.25) is 0 Å². The van der Waals surface area contributed by atoms with Gasteiger partial charge in [-0.1, -0.05) is 48.5 Å². The van der Waals surface area contributed by atoms with Crippen molar-refractivity contribution in [1.82, 2.24) is 0 Å². The summed E-state index contributed by atoms with van der Waals surface area (Å²) < 4.78 is 0. The van der Waals surface area contributed by atoms with Gasteiger partial charge in [0.1, 0.15) is 0 Å². The molecule has 0 atom stereocenters. The lowest BCUT2D eigenvalue weighted by Crippen LogP contribution is -2.22. The maximum atomic E-state index is 11.0. The summed E-state index contributed by atoms with van der Waals surface area (Å²) in [5.41, 5.74) is 5.65. The number of nitro benzene ring substituents is 1. The van der Waals surface area contributed by atoms with Crippen molar-refractivity contribution < 1.29 is 14.8 Å². The highest BCUT2D eigenvalue weighted by atomic mass is 16.6. The molecular weight excluding hydrogens is 370 g/mol. The largest absolute Gasteiger partial charge is 0.545 e. The second kappa shape index (κ2) is 9.09. The molecule has 7 nitrogen and oxygen atoms in total. The minimum atomic E-state index is -1.26. The molecule has 0 radical (unpaired) electrons. The summed E-state index contributed by atoms with van der Waals surface area (Å²) in [6, 6.07) is 21.7. The number of carboxylic acid groups (broad SMARTS) is 1. The molecule has 0 fully saturated rings. The van der Waals surface area contributed by atoms with Crippen LogP contribution in [0.1, 0.15) is 21.5 Å². The molecule has 3 rings (SSSR count). The summed E-state index contributed by atoms with van der Waals surface area (Å²) >= 11 is 0. The molecule has 0 spiro atoms. The molecule has 29 heavy (non-hydrogen) atoms. The number of carboxylic acids is 1. The molecule has 0 amide bonds. The molecule has 0 bridgehead atoms. The average molecular weight is 386 g/mol. The number of anilines is 1. The van der Waals surface area contributed by atoms with Crippen LogP contribution in [-0.4, -0.2) is 16.6 Å². The van der Waals surface area contributed by atoms with Crippen molar-refractivity contribution in [2.45, 2.75) is 0 Å². The first-order valence-electron chi connectivity index (χ1n) is 8.66. The molecule has 0 saturated heterocycles. The predicted molar refractivity (Wildman–Crippen MR) is 110 cm³/mol. The van der Waals surface area contributed by atoms with E-state index in [1.807, 2.05) is 30.3 Å². The summed E-state index contributed by atoms with van der Waals surface area (Å²) in [7, 11) is 0. The fraction of sp³-hybridized carbons (Fsp3) is 0. The lowest BCUT2D eigenvalue weighted by molar-refractivity contribution is -0.384. The van der Waals surface area contributed by atoms with E-state index in [0.29, 0.717) is 11.4 Å². The second-order valence-electron chi connectivity index (χ2n) is 6.03. The Morgan fingerprint density at radius 1 is 0.931 bits per heavy atom.